The van der Waals surface area contributed by atoms with Gasteiger partial charge in [0.2, 0.25) is 5.91 Å². The highest BCUT2D eigenvalue weighted by molar-refractivity contribution is 7.99. The maximum Gasteiger partial charge on any atom is 0.340 e. The van der Waals surface area contributed by atoms with Crippen molar-refractivity contribution < 1.29 is 18.7 Å². The van der Waals surface area contributed by atoms with Crippen molar-refractivity contribution in [2.24, 2.45) is 0 Å². The zero-order valence-corrected chi connectivity index (χ0v) is 17.3. The molecule has 0 unspecified atom stereocenters. The molecular weight excluding hydrogens is 405 g/mol. The Morgan fingerprint density at radius 2 is 1.83 bits per heavy atom. The Kier molecular flexibility index (Phi) is 7.13. The zero-order valence-electron chi connectivity index (χ0n) is 16.5. The van der Waals surface area contributed by atoms with Gasteiger partial charge in [-0.1, -0.05) is 23.9 Å². The lowest BCUT2D eigenvalue weighted by Crippen LogP contribution is -2.17. The summed E-state index contributed by atoms with van der Waals surface area (Å²) >= 11 is 1.25. The number of carbonyl (C=O) groups is 2. The monoisotopic (exact) mass is 425 g/mol. The topological polar surface area (TPSA) is 81.2 Å². The van der Waals surface area contributed by atoms with E-state index in [0.29, 0.717) is 27.7 Å². The van der Waals surface area contributed by atoms with Crippen molar-refractivity contribution in [3.8, 4) is 11.4 Å². The number of hydrogen-bond donors (Lipinski definition) is 1. The first-order valence-electron chi connectivity index (χ1n) is 9.26. The summed E-state index contributed by atoms with van der Waals surface area (Å²) in [7, 11) is 0. The fourth-order valence-electron chi connectivity index (χ4n) is 2.65. The minimum Gasteiger partial charge on any atom is -0.462 e. The van der Waals surface area contributed by atoms with Gasteiger partial charge in [0, 0.05) is 11.3 Å². The van der Waals surface area contributed by atoms with Crippen LogP contribution in [0.15, 0.2) is 59.6 Å². The van der Waals surface area contributed by atoms with Crippen LogP contribution in [0.2, 0.25) is 0 Å². The van der Waals surface area contributed by atoms with Crippen molar-refractivity contribution in [2.75, 3.05) is 17.7 Å². The molecule has 3 rings (SSSR count). The summed E-state index contributed by atoms with van der Waals surface area (Å²) in [5.41, 5.74) is 2.12. The smallest absolute Gasteiger partial charge is 0.340 e. The molecule has 30 heavy (non-hydrogen) atoms. The number of thioether (sulfide) groups is 1. The standard InChI is InChI=1S/C22H20FN3O3S/c1-3-29-22(28)17-6-4-5-7-18(17)25-19(27)13-30-20-12-14(2)24-21(26-20)15-8-10-16(23)11-9-15/h4-12H,3,13H2,1-2H3,(H,25,27). The average Bonchev–Trinajstić information content (AvgIpc) is 2.73. The quantitative estimate of drug-likeness (QED) is 0.341. The van der Waals surface area contributed by atoms with Gasteiger partial charge in [-0.25, -0.2) is 19.2 Å². The molecular formula is C22H20FN3O3S. The predicted molar refractivity (Wildman–Crippen MR) is 114 cm³/mol. The molecule has 154 valence electrons. The fraction of sp³-hybridized carbons (Fsp3) is 0.182. The Morgan fingerprint density at radius 1 is 1.10 bits per heavy atom. The minimum absolute atomic E-state index is 0.0937. The number of anilines is 1. The number of nitrogens with zero attached hydrogens (tertiary/aromatic N) is 2. The van der Waals surface area contributed by atoms with Crippen LogP contribution in [0.4, 0.5) is 10.1 Å². The lowest BCUT2D eigenvalue weighted by molar-refractivity contribution is -0.113. The number of hydrogen-bond acceptors (Lipinski definition) is 6. The fourth-order valence-corrected chi connectivity index (χ4v) is 3.40. The van der Waals surface area contributed by atoms with Crippen molar-refractivity contribution in [2.45, 2.75) is 18.9 Å². The summed E-state index contributed by atoms with van der Waals surface area (Å²) in [4.78, 5) is 33.3. The SMILES string of the molecule is CCOC(=O)c1ccccc1NC(=O)CSc1cc(C)nc(-c2ccc(F)cc2)n1. The van der Waals surface area contributed by atoms with Crippen LogP contribution in [0.5, 0.6) is 0 Å². The Hall–Kier alpha value is -3.26. The first-order chi connectivity index (χ1) is 14.5. The number of benzene rings is 2. The van der Waals surface area contributed by atoms with Crippen LogP contribution in [-0.2, 0) is 9.53 Å². The van der Waals surface area contributed by atoms with Crippen molar-refractivity contribution in [3.05, 3.63) is 71.7 Å². The molecule has 1 N–H and O–H groups in total. The molecule has 0 saturated heterocycles. The van der Waals surface area contributed by atoms with Gasteiger partial charge in [-0.05, 0) is 56.3 Å². The van der Waals surface area contributed by atoms with Crippen LogP contribution in [0.1, 0.15) is 23.0 Å². The molecule has 1 aromatic heterocycles. The molecule has 0 saturated carbocycles. The molecule has 0 spiro atoms. The highest BCUT2D eigenvalue weighted by Crippen LogP contribution is 2.23. The molecule has 0 bridgehead atoms. The molecule has 0 aliphatic heterocycles. The summed E-state index contributed by atoms with van der Waals surface area (Å²) in [6.07, 6.45) is 0. The summed E-state index contributed by atoms with van der Waals surface area (Å²) in [6.45, 7) is 3.80. The number of carbonyl (C=O) groups excluding carboxylic acids is 2. The molecule has 6 nitrogen and oxygen atoms in total. The molecule has 3 aromatic rings. The van der Waals surface area contributed by atoms with Crippen LogP contribution < -0.4 is 5.32 Å². The molecule has 0 atom stereocenters. The van der Waals surface area contributed by atoms with Crippen molar-refractivity contribution >= 4 is 29.3 Å². The minimum atomic E-state index is -0.489. The third kappa shape index (κ3) is 5.64. The zero-order chi connectivity index (χ0) is 21.5. The second-order valence-corrected chi connectivity index (χ2v) is 7.28. The second kappa shape index (κ2) is 9.98. The number of amides is 1. The van der Waals surface area contributed by atoms with E-state index in [4.69, 9.17) is 4.74 Å². The van der Waals surface area contributed by atoms with Crippen molar-refractivity contribution in [3.63, 3.8) is 0 Å². The molecule has 0 fully saturated rings. The molecule has 2 aromatic carbocycles. The van der Waals surface area contributed by atoms with E-state index in [1.807, 2.05) is 6.92 Å². The summed E-state index contributed by atoms with van der Waals surface area (Å²) in [5.74, 6) is -0.546. The largest absolute Gasteiger partial charge is 0.462 e. The number of esters is 1. The Bertz CT molecular complexity index is 1060. The van der Waals surface area contributed by atoms with Crippen LogP contribution in [0.25, 0.3) is 11.4 Å². The van der Waals surface area contributed by atoms with E-state index in [0.717, 1.165) is 5.69 Å². The van der Waals surface area contributed by atoms with Gasteiger partial charge >= 0.3 is 5.97 Å². The average molecular weight is 425 g/mol. The Morgan fingerprint density at radius 3 is 2.57 bits per heavy atom. The number of halogens is 1. The van der Waals surface area contributed by atoms with Crippen LogP contribution in [0, 0.1) is 12.7 Å². The number of rotatable bonds is 7. The molecule has 1 heterocycles. The van der Waals surface area contributed by atoms with Crippen LogP contribution in [0.3, 0.4) is 0 Å². The first kappa shape index (κ1) is 21.4. The summed E-state index contributed by atoms with van der Waals surface area (Å²) in [5, 5.41) is 3.36. The predicted octanol–water partition coefficient (Wildman–Crippen LogP) is 4.50. The number of para-hydroxylation sites is 1. The maximum absolute atomic E-state index is 13.2. The molecule has 0 radical (unpaired) electrons. The van der Waals surface area contributed by atoms with E-state index in [-0.39, 0.29) is 24.1 Å². The van der Waals surface area contributed by atoms with Crippen molar-refractivity contribution in [1.82, 2.24) is 9.97 Å². The summed E-state index contributed by atoms with van der Waals surface area (Å²) in [6, 6.07) is 14.4. The van der Waals surface area contributed by atoms with E-state index in [2.05, 4.69) is 15.3 Å². The Balaban J connectivity index is 1.68. The van der Waals surface area contributed by atoms with Gasteiger partial charge in [0.1, 0.15) is 10.8 Å². The lowest BCUT2D eigenvalue weighted by Gasteiger charge is -2.10. The number of nitrogens with one attached hydrogen (secondary N) is 1. The Labute approximate surface area is 177 Å². The van der Waals surface area contributed by atoms with Crippen LogP contribution in [-0.4, -0.2) is 34.2 Å². The van der Waals surface area contributed by atoms with Gasteiger partial charge in [0.15, 0.2) is 5.82 Å². The van der Waals surface area contributed by atoms with Gasteiger partial charge in [0.25, 0.3) is 0 Å². The van der Waals surface area contributed by atoms with E-state index in [9.17, 15) is 14.0 Å². The van der Waals surface area contributed by atoms with Gasteiger partial charge in [-0.3, -0.25) is 4.79 Å². The molecule has 8 heteroatoms. The molecule has 0 aliphatic carbocycles. The lowest BCUT2D eigenvalue weighted by atomic mass is 10.2. The third-order valence-electron chi connectivity index (χ3n) is 3.98. The van der Waals surface area contributed by atoms with E-state index in [1.165, 1.54) is 23.9 Å². The van der Waals surface area contributed by atoms with Gasteiger partial charge in [-0.2, -0.15) is 0 Å². The van der Waals surface area contributed by atoms with E-state index >= 15 is 0 Å². The van der Waals surface area contributed by atoms with Gasteiger partial charge < -0.3 is 10.1 Å². The number of aryl methyl sites for hydroxylation is 1. The molecule has 1 amide bonds. The van der Waals surface area contributed by atoms with Gasteiger partial charge in [0.05, 0.1) is 23.6 Å². The highest BCUT2D eigenvalue weighted by Gasteiger charge is 2.14. The van der Waals surface area contributed by atoms with E-state index in [1.54, 1.807) is 49.4 Å². The highest BCUT2D eigenvalue weighted by atomic mass is 32.2. The normalized spacial score (nSPS) is 10.5. The van der Waals surface area contributed by atoms with Crippen LogP contribution >= 0.6 is 11.8 Å². The van der Waals surface area contributed by atoms with Gasteiger partial charge in [-0.15, -0.1) is 0 Å². The molecule has 0 aliphatic rings. The van der Waals surface area contributed by atoms with Crippen molar-refractivity contribution in [1.29, 1.82) is 0 Å². The first-order valence-corrected chi connectivity index (χ1v) is 10.2. The second-order valence-electron chi connectivity index (χ2n) is 6.28. The number of aromatic nitrogens is 2. The van der Waals surface area contributed by atoms with E-state index < -0.39 is 5.97 Å². The number of ether oxygens (including phenoxy) is 1. The summed E-state index contributed by atoms with van der Waals surface area (Å²) < 4.78 is 18.2. The maximum atomic E-state index is 13.2. The third-order valence-corrected chi connectivity index (χ3v) is 4.89.